The van der Waals surface area contributed by atoms with E-state index in [4.69, 9.17) is 21.5 Å². The molecule has 68 heavy (non-hydrogen) atoms. The fourth-order valence-corrected chi connectivity index (χ4v) is 9.50. The third-order valence-electron chi connectivity index (χ3n) is 13.0. The molecule has 1 heterocycles. The first-order valence-electron chi connectivity index (χ1n) is 22.5. The van der Waals surface area contributed by atoms with Crippen molar-refractivity contribution in [2.45, 2.75) is 0 Å². The van der Waals surface area contributed by atoms with Gasteiger partial charge in [-0.2, -0.15) is 5.26 Å². The van der Waals surface area contributed by atoms with Gasteiger partial charge in [0.05, 0.1) is 18.2 Å². The fraction of sp³-hybridized carbons (Fsp3) is 0. The summed E-state index contributed by atoms with van der Waals surface area (Å²) in [6.07, 6.45) is 0. The Balaban J connectivity index is 0.855. The summed E-state index contributed by atoms with van der Waals surface area (Å²) < 4.78 is 0. The van der Waals surface area contributed by atoms with Crippen molar-refractivity contribution in [3.05, 3.63) is 241 Å². The first-order chi connectivity index (χ1) is 33.6. The molecular weight excluding hydrogens is 827 g/mol. The zero-order valence-corrected chi connectivity index (χ0v) is 36.6. The van der Waals surface area contributed by atoms with Gasteiger partial charge >= 0.3 is 0 Å². The maximum absolute atomic E-state index is 9.25. The van der Waals surface area contributed by atoms with Crippen molar-refractivity contribution < 1.29 is 0 Å². The second kappa shape index (κ2) is 16.8. The maximum Gasteiger partial charge on any atom is 0.187 e. The third kappa shape index (κ3) is 7.28. The molecule has 0 saturated carbocycles. The lowest BCUT2D eigenvalue weighted by atomic mass is 9.91. The first kappa shape index (κ1) is 40.0. The molecule has 314 valence electrons. The van der Waals surface area contributed by atoms with E-state index in [2.05, 4.69) is 132 Å². The lowest BCUT2D eigenvalue weighted by molar-refractivity contribution is 1.07. The van der Waals surface area contributed by atoms with Crippen LogP contribution in [0, 0.1) is 17.9 Å². The van der Waals surface area contributed by atoms with Crippen LogP contribution in [0.1, 0.15) is 5.56 Å². The van der Waals surface area contributed by atoms with E-state index in [0.717, 1.165) is 61.2 Å². The van der Waals surface area contributed by atoms with Gasteiger partial charge < -0.3 is 0 Å². The van der Waals surface area contributed by atoms with Crippen molar-refractivity contribution >= 4 is 16.5 Å². The number of hydrogen-bond acceptors (Lipinski definition) is 4. The minimum Gasteiger partial charge on any atom is -0.238 e. The van der Waals surface area contributed by atoms with Crippen LogP contribution in [0.4, 0.5) is 5.69 Å². The number of hydrogen-bond donors (Lipinski definition) is 0. The number of nitriles is 1. The first-order valence-corrected chi connectivity index (χ1v) is 22.5. The molecule has 12 rings (SSSR count). The largest absolute Gasteiger partial charge is 0.238 e. The highest BCUT2D eigenvalue weighted by molar-refractivity contribution is 6.16. The molecule has 0 saturated heterocycles. The van der Waals surface area contributed by atoms with Crippen LogP contribution in [0.5, 0.6) is 0 Å². The molecule has 5 nitrogen and oxygen atoms in total. The number of benzene rings is 10. The van der Waals surface area contributed by atoms with E-state index < -0.39 is 0 Å². The van der Waals surface area contributed by atoms with E-state index in [1.165, 1.54) is 44.2 Å². The molecular formula is C63H37N5. The highest BCUT2D eigenvalue weighted by atomic mass is 15.0. The standard InChI is InChI=1S/C63H37N5/c1-65-53-33-34-54(50-12-7-11-49(35-50)43-21-23-44(24-22-43)52-36-51-13-8-16-57-55-14-5-6-15-56(55)59(37-52)60(51)57)58(38-53)45-27-31-48(32-28-45)63-67-61(46-9-3-2-4-10-46)66-62(68-63)47-29-25-42(26-30-47)41-19-17-40(39-64)18-20-41/h2-38H. The summed E-state index contributed by atoms with van der Waals surface area (Å²) in [5.41, 5.74) is 19.8. The van der Waals surface area contributed by atoms with E-state index >= 15 is 0 Å². The van der Waals surface area contributed by atoms with E-state index in [1.807, 2.05) is 103 Å². The van der Waals surface area contributed by atoms with Crippen LogP contribution < -0.4 is 0 Å². The second-order valence-electron chi connectivity index (χ2n) is 17.0. The Morgan fingerprint density at radius 2 is 0.809 bits per heavy atom. The minimum absolute atomic E-state index is 0.560. The van der Waals surface area contributed by atoms with Gasteiger partial charge in [0.1, 0.15) is 0 Å². The maximum atomic E-state index is 9.25. The molecule has 1 aliphatic carbocycles. The van der Waals surface area contributed by atoms with Crippen LogP contribution in [0.3, 0.4) is 0 Å². The van der Waals surface area contributed by atoms with Crippen LogP contribution in [-0.4, -0.2) is 15.0 Å². The van der Waals surface area contributed by atoms with E-state index in [-0.39, 0.29) is 0 Å². The summed E-state index contributed by atoms with van der Waals surface area (Å²) in [5, 5.41) is 11.8. The smallest absolute Gasteiger partial charge is 0.187 e. The minimum atomic E-state index is 0.560. The Morgan fingerprint density at radius 1 is 0.324 bits per heavy atom. The molecule has 0 radical (unpaired) electrons. The summed E-state index contributed by atoms with van der Waals surface area (Å²) in [6, 6.07) is 79.6. The van der Waals surface area contributed by atoms with Crippen LogP contribution in [-0.2, 0) is 0 Å². The van der Waals surface area contributed by atoms with Crippen LogP contribution >= 0.6 is 0 Å². The van der Waals surface area contributed by atoms with Crippen molar-refractivity contribution in [3.8, 4) is 118 Å². The molecule has 1 aliphatic rings. The Labute approximate surface area is 394 Å². The van der Waals surface area contributed by atoms with Crippen LogP contribution in [0.15, 0.2) is 224 Å². The number of aromatic nitrogens is 3. The molecule has 0 spiro atoms. The molecule has 0 N–H and O–H groups in total. The van der Waals surface area contributed by atoms with Gasteiger partial charge in [0.15, 0.2) is 23.2 Å². The van der Waals surface area contributed by atoms with Crippen molar-refractivity contribution in [3.63, 3.8) is 0 Å². The fourth-order valence-electron chi connectivity index (χ4n) is 9.50. The lowest BCUT2D eigenvalue weighted by Crippen LogP contribution is -2.00. The van der Waals surface area contributed by atoms with Gasteiger partial charge in [-0.3, -0.25) is 0 Å². The average molecular weight is 864 g/mol. The summed E-state index contributed by atoms with van der Waals surface area (Å²) in [7, 11) is 0. The summed E-state index contributed by atoms with van der Waals surface area (Å²) in [5.74, 6) is 1.71. The van der Waals surface area contributed by atoms with Crippen molar-refractivity contribution in [2.24, 2.45) is 0 Å². The topological polar surface area (TPSA) is 66.8 Å². The Bertz CT molecular complexity index is 3820. The van der Waals surface area contributed by atoms with E-state index in [1.54, 1.807) is 0 Å². The normalized spacial score (nSPS) is 11.2. The zero-order valence-electron chi connectivity index (χ0n) is 36.6. The van der Waals surface area contributed by atoms with E-state index in [9.17, 15) is 5.26 Å². The van der Waals surface area contributed by atoms with Gasteiger partial charge in [-0.15, -0.1) is 0 Å². The molecule has 0 amide bonds. The molecule has 0 bridgehead atoms. The molecule has 0 aliphatic heterocycles. The van der Waals surface area contributed by atoms with Crippen LogP contribution in [0.2, 0.25) is 0 Å². The van der Waals surface area contributed by atoms with Crippen LogP contribution in [0.25, 0.3) is 128 Å². The molecule has 1 aromatic heterocycles. The predicted octanol–water partition coefficient (Wildman–Crippen LogP) is 16.4. The van der Waals surface area contributed by atoms with Crippen molar-refractivity contribution in [2.75, 3.05) is 0 Å². The van der Waals surface area contributed by atoms with Gasteiger partial charge in [-0.25, -0.2) is 19.8 Å². The average Bonchev–Trinajstić information content (AvgIpc) is 3.75. The highest BCUT2D eigenvalue weighted by Crippen LogP contribution is 2.48. The molecule has 11 aromatic rings. The van der Waals surface area contributed by atoms with E-state index in [0.29, 0.717) is 28.7 Å². The molecule has 10 aromatic carbocycles. The number of nitrogens with zero attached hydrogens (tertiary/aromatic N) is 5. The monoisotopic (exact) mass is 863 g/mol. The molecule has 0 fully saturated rings. The van der Waals surface area contributed by atoms with Gasteiger partial charge in [-0.1, -0.05) is 188 Å². The van der Waals surface area contributed by atoms with Crippen molar-refractivity contribution in [1.29, 1.82) is 5.26 Å². The Morgan fingerprint density at radius 3 is 1.44 bits per heavy atom. The summed E-state index contributed by atoms with van der Waals surface area (Å²) in [6.45, 7) is 7.89. The lowest BCUT2D eigenvalue weighted by Gasteiger charge is -2.14. The van der Waals surface area contributed by atoms with Gasteiger partial charge in [0.2, 0.25) is 0 Å². The van der Waals surface area contributed by atoms with Gasteiger partial charge in [0.25, 0.3) is 0 Å². The number of rotatable bonds is 8. The van der Waals surface area contributed by atoms with Crippen molar-refractivity contribution in [1.82, 2.24) is 15.0 Å². The Kier molecular flexibility index (Phi) is 9.87. The van der Waals surface area contributed by atoms with Gasteiger partial charge in [-0.05, 0) is 125 Å². The highest BCUT2D eigenvalue weighted by Gasteiger charge is 2.22. The molecule has 0 atom stereocenters. The summed E-state index contributed by atoms with van der Waals surface area (Å²) in [4.78, 5) is 18.7. The number of fused-ring (bicyclic) bond motifs is 3. The molecule has 0 unspecified atom stereocenters. The predicted molar refractivity (Wildman–Crippen MR) is 276 cm³/mol. The zero-order chi connectivity index (χ0) is 45.6. The SMILES string of the molecule is [C-]#[N+]c1ccc(-c2cccc(-c3ccc(-c4cc5c6c(cccc6c4)-c4ccccc4-5)cc3)c2)c(-c2ccc(-c3nc(-c4ccccc4)nc(-c4ccc(-c5ccc(C#N)cc5)cc4)n3)cc2)c1. The quantitative estimate of drug-likeness (QED) is 0.143. The molecule has 5 heteroatoms. The third-order valence-corrected chi connectivity index (χ3v) is 13.0. The Hall–Kier alpha value is -9.55. The summed E-state index contributed by atoms with van der Waals surface area (Å²) >= 11 is 0. The second-order valence-corrected chi connectivity index (χ2v) is 17.0. The van der Waals surface area contributed by atoms with Gasteiger partial charge in [0, 0.05) is 16.7 Å².